The lowest BCUT2D eigenvalue weighted by molar-refractivity contribution is -0.138. The van der Waals surface area contributed by atoms with Crippen molar-refractivity contribution in [3.8, 4) is 0 Å². The molecular formula is C21H19F3N4O. The molecule has 5 nitrogen and oxygen atoms in total. The van der Waals surface area contributed by atoms with Gasteiger partial charge in [-0.3, -0.25) is 4.98 Å². The first-order valence-electron chi connectivity index (χ1n) is 9.25. The van der Waals surface area contributed by atoms with Gasteiger partial charge in [0, 0.05) is 31.1 Å². The molecule has 1 fully saturated rings. The number of alkyl halides is 3. The standard InChI is InChI=1S/C21H19F3N4O/c22-21(23,24)17-7-2-1-5-15(17)13-16-6-3-8-18(27-16)19-14-28(11-12-29-19)20-25-9-4-10-26-20/h1-10,19H,11-14H2/t19-/m0/s1. The number of benzene rings is 1. The number of pyridine rings is 1. The van der Waals surface area contributed by atoms with Crippen LogP contribution in [0.1, 0.15) is 28.6 Å². The molecule has 0 saturated carbocycles. The molecule has 0 aliphatic carbocycles. The fourth-order valence-corrected chi connectivity index (χ4v) is 3.39. The van der Waals surface area contributed by atoms with Crippen LogP contribution in [0.3, 0.4) is 0 Å². The Morgan fingerprint density at radius 2 is 1.79 bits per heavy atom. The van der Waals surface area contributed by atoms with Crippen LogP contribution in [-0.4, -0.2) is 34.6 Å². The predicted octanol–water partition coefficient (Wildman–Crippen LogP) is 4.06. The molecule has 1 atom stereocenters. The van der Waals surface area contributed by atoms with Crippen LogP contribution in [0.5, 0.6) is 0 Å². The Kier molecular flexibility index (Phi) is 5.44. The van der Waals surface area contributed by atoms with E-state index in [2.05, 4.69) is 15.0 Å². The average Bonchev–Trinajstić information content (AvgIpc) is 2.74. The number of halogens is 3. The molecule has 0 unspecified atom stereocenters. The first-order chi connectivity index (χ1) is 14.0. The molecule has 3 heterocycles. The molecule has 3 aromatic rings. The summed E-state index contributed by atoms with van der Waals surface area (Å²) in [6, 6.07) is 12.7. The molecular weight excluding hydrogens is 381 g/mol. The van der Waals surface area contributed by atoms with Crippen molar-refractivity contribution in [2.24, 2.45) is 0 Å². The minimum atomic E-state index is -4.39. The summed E-state index contributed by atoms with van der Waals surface area (Å²) in [6.07, 6.45) is -1.23. The zero-order valence-corrected chi connectivity index (χ0v) is 15.5. The highest BCUT2D eigenvalue weighted by atomic mass is 19.4. The number of hydrogen-bond donors (Lipinski definition) is 0. The summed E-state index contributed by atoms with van der Waals surface area (Å²) in [4.78, 5) is 15.1. The molecule has 0 radical (unpaired) electrons. The normalized spacial score (nSPS) is 17.3. The van der Waals surface area contributed by atoms with Gasteiger partial charge in [-0.25, -0.2) is 9.97 Å². The van der Waals surface area contributed by atoms with E-state index >= 15 is 0 Å². The highest BCUT2D eigenvalue weighted by molar-refractivity contribution is 5.34. The number of hydrogen-bond acceptors (Lipinski definition) is 5. The number of aromatic nitrogens is 3. The van der Waals surface area contributed by atoms with E-state index in [4.69, 9.17) is 4.74 Å². The largest absolute Gasteiger partial charge is 0.416 e. The molecule has 0 amide bonds. The van der Waals surface area contributed by atoms with Crippen molar-refractivity contribution < 1.29 is 17.9 Å². The molecule has 150 valence electrons. The maximum absolute atomic E-state index is 13.3. The van der Waals surface area contributed by atoms with Crippen molar-refractivity contribution in [2.45, 2.75) is 18.7 Å². The predicted molar refractivity (Wildman–Crippen MR) is 101 cm³/mol. The van der Waals surface area contributed by atoms with Crippen LogP contribution in [-0.2, 0) is 17.3 Å². The quantitative estimate of drug-likeness (QED) is 0.661. The number of nitrogens with zero attached hydrogens (tertiary/aromatic N) is 4. The van der Waals surface area contributed by atoms with Gasteiger partial charge in [0.1, 0.15) is 6.10 Å². The lowest BCUT2D eigenvalue weighted by atomic mass is 10.0. The van der Waals surface area contributed by atoms with Gasteiger partial charge >= 0.3 is 6.18 Å². The van der Waals surface area contributed by atoms with Crippen LogP contribution in [0.4, 0.5) is 19.1 Å². The minimum Gasteiger partial charge on any atom is -0.368 e. The van der Waals surface area contributed by atoms with Crippen molar-refractivity contribution in [1.82, 2.24) is 15.0 Å². The van der Waals surface area contributed by atoms with Crippen molar-refractivity contribution in [3.63, 3.8) is 0 Å². The van der Waals surface area contributed by atoms with Crippen LogP contribution in [0, 0.1) is 0 Å². The van der Waals surface area contributed by atoms with Crippen molar-refractivity contribution in [3.05, 3.63) is 83.4 Å². The van der Waals surface area contributed by atoms with Gasteiger partial charge in [0.2, 0.25) is 5.95 Å². The van der Waals surface area contributed by atoms with Crippen LogP contribution in [0.25, 0.3) is 0 Å². The first-order valence-corrected chi connectivity index (χ1v) is 9.25. The van der Waals surface area contributed by atoms with E-state index in [9.17, 15) is 13.2 Å². The number of ether oxygens (including phenoxy) is 1. The first kappa shape index (κ1) is 19.3. The molecule has 0 bridgehead atoms. The van der Waals surface area contributed by atoms with E-state index in [1.165, 1.54) is 12.1 Å². The van der Waals surface area contributed by atoms with E-state index in [0.29, 0.717) is 37.0 Å². The van der Waals surface area contributed by atoms with Gasteiger partial charge in [-0.2, -0.15) is 13.2 Å². The maximum Gasteiger partial charge on any atom is 0.416 e. The minimum absolute atomic E-state index is 0.0990. The molecule has 1 saturated heterocycles. The van der Waals surface area contributed by atoms with Gasteiger partial charge in [0.15, 0.2) is 0 Å². The Labute approximate surface area is 166 Å². The van der Waals surface area contributed by atoms with Gasteiger partial charge in [-0.05, 0) is 29.8 Å². The van der Waals surface area contributed by atoms with Gasteiger partial charge in [-0.1, -0.05) is 24.3 Å². The van der Waals surface area contributed by atoms with Gasteiger partial charge in [0.25, 0.3) is 0 Å². The molecule has 0 N–H and O–H groups in total. The highest BCUT2D eigenvalue weighted by Gasteiger charge is 2.33. The van der Waals surface area contributed by atoms with Crippen LogP contribution in [0.15, 0.2) is 60.9 Å². The van der Waals surface area contributed by atoms with Gasteiger partial charge < -0.3 is 9.64 Å². The summed E-state index contributed by atoms with van der Waals surface area (Å²) < 4.78 is 45.7. The summed E-state index contributed by atoms with van der Waals surface area (Å²) in [5.74, 6) is 0.621. The second-order valence-electron chi connectivity index (χ2n) is 6.74. The Morgan fingerprint density at radius 3 is 2.59 bits per heavy atom. The Morgan fingerprint density at radius 1 is 1.00 bits per heavy atom. The summed E-state index contributed by atoms with van der Waals surface area (Å²) in [7, 11) is 0. The highest BCUT2D eigenvalue weighted by Crippen LogP contribution is 2.33. The van der Waals surface area contributed by atoms with E-state index in [-0.39, 0.29) is 18.1 Å². The topological polar surface area (TPSA) is 51.1 Å². The lowest BCUT2D eigenvalue weighted by Crippen LogP contribution is -2.39. The lowest BCUT2D eigenvalue weighted by Gasteiger charge is -2.32. The number of anilines is 1. The Hall–Kier alpha value is -3.00. The summed E-state index contributed by atoms with van der Waals surface area (Å²) >= 11 is 0. The SMILES string of the molecule is FC(F)(F)c1ccccc1Cc1cccc([C@@H]2CN(c3ncccn3)CCO2)n1. The second-order valence-corrected chi connectivity index (χ2v) is 6.74. The molecule has 1 aromatic carbocycles. The summed E-state index contributed by atoms with van der Waals surface area (Å²) in [5, 5.41) is 0. The van der Waals surface area contributed by atoms with Crippen molar-refractivity contribution >= 4 is 5.95 Å². The fraction of sp³-hybridized carbons (Fsp3) is 0.286. The van der Waals surface area contributed by atoms with E-state index < -0.39 is 11.7 Å². The summed E-state index contributed by atoms with van der Waals surface area (Å²) in [6.45, 7) is 1.69. The third-order valence-corrected chi connectivity index (χ3v) is 4.75. The van der Waals surface area contributed by atoms with E-state index in [1.807, 2.05) is 11.0 Å². The van der Waals surface area contributed by atoms with E-state index in [1.54, 1.807) is 36.7 Å². The molecule has 2 aromatic heterocycles. The maximum atomic E-state index is 13.3. The van der Waals surface area contributed by atoms with Crippen molar-refractivity contribution in [2.75, 3.05) is 24.6 Å². The van der Waals surface area contributed by atoms with Crippen LogP contribution < -0.4 is 4.90 Å². The zero-order valence-electron chi connectivity index (χ0n) is 15.5. The third-order valence-electron chi connectivity index (χ3n) is 4.75. The molecule has 8 heteroatoms. The van der Waals surface area contributed by atoms with E-state index in [0.717, 1.165) is 6.07 Å². The zero-order chi connectivity index (χ0) is 20.3. The number of morpholine rings is 1. The molecule has 4 rings (SSSR count). The molecule has 1 aliphatic rings. The summed E-state index contributed by atoms with van der Waals surface area (Å²) in [5.41, 5.74) is 0.825. The fourth-order valence-electron chi connectivity index (χ4n) is 3.39. The number of rotatable bonds is 4. The van der Waals surface area contributed by atoms with Crippen LogP contribution in [0.2, 0.25) is 0 Å². The molecule has 1 aliphatic heterocycles. The molecule has 0 spiro atoms. The smallest absolute Gasteiger partial charge is 0.368 e. The molecule has 29 heavy (non-hydrogen) atoms. The van der Waals surface area contributed by atoms with Crippen molar-refractivity contribution in [1.29, 1.82) is 0 Å². The van der Waals surface area contributed by atoms with Gasteiger partial charge in [-0.15, -0.1) is 0 Å². The Bertz CT molecular complexity index is 965. The average molecular weight is 400 g/mol. The Balaban J connectivity index is 1.54. The third kappa shape index (κ3) is 4.54. The van der Waals surface area contributed by atoms with Gasteiger partial charge in [0.05, 0.1) is 24.4 Å². The monoisotopic (exact) mass is 400 g/mol. The van der Waals surface area contributed by atoms with Crippen LogP contribution >= 0.6 is 0 Å². The second kappa shape index (κ2) is 8.16.